The van der Waals surface area contributed by atoms with Gasteiger partial charge in [0.15, 0.2) is 0 Å². The number of ether oxygens (including phenoxy) is 1. The van der Waals surface area contributed by atoms with E-state index in [1.807, 2.05) is 6.92 Å². The largest absolute Gasteiger partial charge is 0.494 e. The minimum Gasteiger partial charge on any atom is -0.494 e. The molecule has 16 heavy (non-hydrogen) atoms. The van der Waals surface area contributed by atoms with E-state index in [1.54, 1.807) is 0 Å². The summed E-state index contributed by atoms with van der Waals surface area (Å²) < 4.78 is 5.68. The summed E-state index contributed by atoms with van der Waals surface area (Å²) in [7, 11) is 0. The zero-order valence-electron chi connectivity index (χ0n) is 10.8. The van der Waals surface area contributed by atoms with Crippen LogP contribution in [0.1, 0.15) is 38.3 Å². The van der Waals surface area contributed by atoms with Gasteiger partial charge >= 0.3 is 0 Å². The molecule has 0 aliphatic carbocycles. The van der Waals surface area contributed by atoms with Gasteiger partial charge in [0.25, 0.3) is 0 Å². The van der Waals surface area contributed by atoms with E-state index in [4.69, 9.17) is 10.5 Å². The Labute approximate surface area is 98.8 Å². The molecule has 2 N–H and O–H groups in total. The van der Waals surface area contributed by atoms with Crippen molar-refractivity contribution in [3.8, 4) is 5.75 Å². The van der Waals surface area contributed by atoms with Gasteiger partial charge in [0.2, 0.25) is 0 Å². The van der Waals surface area contributed by atoms with Crippen molar-refractivity contribution in [2.75, 3.05) is 13.2 Å². The lowest BCUT2D eigenvalue weighted by Crippen LogP contribution is -2.22. The van der Waals surface area contributed by atoms with E-state index in [0.717, 1.165) is 12.2 Å². The Morgan fingerprint density at radius 3 is 2.56 bits per heavy atom. The van der Waals surface area contributed by atoms with Gasteiger partial charge in [0, 0.05) is 5.56 Å². The molecule has 0 fully saturated rings. The molecule has 0 saturated heterocycles. The van der Waals surface area contributed by atoms with E-state index in [-0.39, 0.29) is 5.41 Å². The molecule has 2 heteroatoms. The highest BCUT2D eigenvalue weighted by Gasteiger charge is 2.23. The van der Waals surface area contributed by atoms with Gasteiger partial charge in [-0.15, -0.1) is 0 Å². The maximum absolute atomic E-state index is 5.68. The van der Waals surface area contributed by atoms with Crippen molar-refractivity contribution in [1.29, 1.82) is 0 Å². The van der Waals surface area contributed by atoms with Crippen molar-refractivity contribution in [2.24, 2.45) is 5.73 Å². The van der Waals surface area contributed by atoms with Crippen molar-refractivity contribution in [3.05, 3.63) is 29.3 Å². The Morgan fingerprint density at radius 1 is 1.31 bits per heavy atom. The molecule has 0 unspecified atom stereocenters. The number of benzene rings is 1. The minimum absolute atomic E-state index is 0.0747. The summed E-state index contributed by atoms with van der Waals surface area (Å²) >= 11 is 0. The molecule has 0 amide bonds. The number of rotatable bonds is 5. The summed E-state index contributed by atoms with van der Waals surface area (Å²) in [6.45, 7) is 9.97. The molecule has 0 atom stereocenters. The lowest BCUT2D eigenvalue weighted by molar-refractivity contribution is 0.325. The quantitative estimate of drug-likeness (QED) is 0.829. The van der Waals surface area contributed by atoms with Crippen LogP contribution in [0.25, 0.3) is 0 Å². The fourth-order valence-corrected chi connectivity index (χ4v) is 1.95. The van der Waals surface area contributed by atoms with E-state index in [0.29, 0.717) is 13.2 Å². The first-order chi connectivity index (χ1) is 7.51. The monoisotopic (exact) mass is 221 g/mol. The molecule has 0 radical (unpaired) electrons. The van der Waals surface area contributed by atoms with Crippen LogP contribution in [0.5, 0.6) is 5.75 Å². The summed E-state index contributed by atoms with van der Waals surface area (Å²) in [6.07, 6.45) is 0.969. The second-order valence-corrected chi connectivity index (χ2v) is 4.86. The topological polar surface area (TPSA) is 35.2 Å². The molecule has 1 aromatic carbocycles. The summed E-state index contributed by atoms with van der Waals surface area (Å²) in [6, 6.07) is 6.36. The standard InChI is InChI=1S/C14H23NO/c1-5-16-13-7-6-11(2)10-12(13)14(3,4)8-9-15/h6-7,10H,5,8-9,15H2,1-4H3. The predicted octanol–water partition coefficient (Wildman–Crippen LogP) is 3.02. The Morgan fingerprint density at radius 2 is 2.00 bits per heavy atom. The zero-order chi connectivity index (χ0) is 12.2. The fraction of sp³-hybridized carbons (Fsp3) is 0.571. The molecular formula is C14H23NO. The van der Waals surface area contributed by atoms with Crippen LogP contribution in [0, 0.1) is 6.92 Å². The van der Waals surface area contributed by atoms with Crippen LogP contribution >= 0.6 is 0 Å². The van der Waals surface area contributed by atoms with E-state index in [1.165, 1.54) is 11.1 Å². The highest BCUT2D eigenvalue weighted by Crippen LogP contribution is 2.34. The summed E-state index contributed by atoms with van der Waals surface area (Å²) in [4.78, 5) is 0. The van der Waals surface area contributed by atoms with Crippen molar-refractivity contribution >= 4 is 0 Å². The maximum atomic E-state index is 5.68. The molecule has 2 nitrogen and oxygen atoms in total. The Bertz CT molecular complexity index is 345. The first-order valence-corrected chi connectivity index (χ1v) is 5.95. The van der Waals surface area contributed by atoms with Crippen LogP contribution in [0.15, 0.2) is 18.2 Å². The predicted molar refractivity (Wildman–Crippen MR) is 69.0 cm³/mol. The first kappa shape index (κ1) is 13.0. The molecular weight excluding hydrogens is 198 g/mol. The van der Waals surface area contributed by atoms with Gasteiger partial charge in [-0.1, -0.05) is 31.5 Å². The van der Waals surface area contributed by atoms with Crippen molar-refractivity contribution in [3.63, 3.8) is 0 Å². The number of aryl methyl sites for hydroxylation is 1. The first-order valence-electron chi connectivity index (χ1n) is 5.95. The van der Waals surface area contributed by atoms with Crippen molar-refractivity contribution < 1.29 is 4.74 Å². The molecule has 0 aliphatic rings. The van der Waals surface area contributed by atoms with Crippen molar-refractivity contribution in [2.45, 2.75) is 39.5 Å². The highest BCUT2D eigenvalue weighted by molar-refractivity contribution is 5.41. The molecule has 1 rings (SSSR count). The lowest BCUT2D eigenvalue weighted by atomic mass is 9.80. The Balaban J connectivity index is 3.12. The molecule has 90 valence electrons. The smallest absolute Gasteiger partial charge is 0.123 e. The van der Waals surface area contributed by atoms with E-state index >= 15 is 0 Å². The van der Waals surface area contributed by atoms with Gasteiger partial charge < -0.3 is 10.5 Å². The third kappa shape index (κ3) is 2.99. The molecule has 1 aromatic rings. The number of hydrogen-bond acceptors (Lipinski definition) is 2. The summed E-state index contributed by atoms with van der Waals surface area (Å²) in [5, 5.41) is 0. The second kappa shape index (κ2) is 5.35. The molecule has 0 spiro atoms. The Kier molecular flexibility index (Phi) is 4.36. The van der Waals surface area contributed by atoms with Crippen molar-refractivity contribution in [1.82, 2.24) is 0 Å². The maximum Gasteiger partial charge on any atom is 0.123 e. The lowest BCUT2D eigenvalue weighted by Gasteiger charge is -2.27. The van der Waals surface area contributed by atoms with E-state index in [9.17, 15) is 0 Å². The number of nitrogens with two attached hydrogens (primary N) is 1. The third-order valence-electron chi connectivity index (χ3n) is 2.93. The molecule has 0 saturated carbocycles. The normalized spacial score (nSPS) is 11.6. The highest BCUT2D eigenvalue weighted by atomic mass is 16.5. The van der Waals surface area contributed by atoms with Crippen LogP contribution in [-0.2, 0) is 5.41 Å². The van der Waals surface area contributed by atoms with Crippen LogP contribution in [0.3, 0.4) is 0 Å². The van der Waals surface area contributed by atoms with Gasteiger partial charge in [0.05, 0.1) is 6.61 Å². The van der Waals surface area contributed by atoms with Gasteiger partial charge in [-0.25, -0.2) is 0 Å². The average Bonchev–Trinajstić information content (AvgIpc) is 2.21. The average molecular weight is 221 g/mol. The zero-order valence-corrected chi connectivity index (χ0v) is 10.8. The summed E-state index contributed by atoms with van der Waals surface area (Å²) in [5.41, 5.74) is 8.28. The van der Waals surface area contributed by atoms with Gasteiger partial charge in [-0.05, 0) is 38.3 Å². The number of hydrogen-bond donors (Lipinski definition) is 1. The third-order valence-corrected chi connectivity index (χ3v) is 2.93. The van der Waals surface area contributed by atoms with Gasteiger partial charge in [-0.3, -0.25) is 0 Å². The van der Waals surface area contributed by atoms with Crippen LogP contribution in [0.2, 0.25) is 0 Å². The molecule has 0 heterocycles. The molecule has 0 aliphatic heterocycles. The molecule has 0 bridgehead atoms. The SMILES string of the molecule is CCOc1ccc(C)cc1C(C)(C)CCN. The fourth-order valence-electron chi connectivity index (χ4n) is 1.95. The van der Waals surface area contributed by atoms with E-state index in [2.05, 4.69) is 39.0 Å². The Hall–Kier alpha value is -1.02. The van der Waals surface area contributed by atoms with Crippen LogP contribution in [0.4, 0.5) is 0 Å². The summed E-state index contributed by atoms with van der Waals surface area (Å²) in [5.74, 6) is 0.992. The van der Waals surface area contributed by atoms with Crippen LogP contribution in [-0.4, -0.2) is 13.2 Å². The van der Waals surface area contributed by atoms with Gasteiger partial charge in [-0.2, -0.15) is 0 Å². The minimum atomic E-state index is 0.0747. The van der Waals surface area contributed by atoms with Gasteiger partial charge in [0.1, 0.15) is 5.75 Å². The molecule has 0 aromatic heterocycles. The van der Waals surface area contributed by atoms with Crippen LogP contribution < -0.4 is 10.5 Å². The van der Waals surface area contributed by atoms with E-state index < -0.39 is 0 Å². The second-order valence-electron chi connectivity index (χ2n) is 4.86.